The van der Waals surface area contributed by atoms with Crippen LogP contribution in [-0.2, 0) is 20.3 Å². The van der Waals surface area contributed by atoms with Crippen molar-refractivity contribution in [3.8, 4) is 0 Å². The molecular weight excluding hydrogens is 242 g/mol. The van der Waals surface area contributed by atoms with Gasteiger partial charge < -0.3 is 4.74 Å². The van der Waals surface area contributed by atoms with Crippen LogP contribution in [0.2, 0.25) is 0 Å². The average molecular weight is 250 g/mol. The van der Waals surface area contributed by atoms with Crippen LogP contribution >= 0.6 is 0 Å². The predicted molar refractivity (Wildman–Crippen MR) is 50.0 cm³/mol. The van der Waals surface area contributed by atoms with Crippen molar-refractivity contribution in [2.45, 2.75) is 17.3 Å². The standard InChI is InChI=1S/C8H8F2N2O3S/c1-2-15-6(13)8(9,10)16(14)7-11-4-3-5-12-7/h3-5H,2H2,1H3/t16-/m1/s1. The number of esters is 1. The first-order valence-corrected chi connectivity index (χ1v) is 5.39. The van der Waals surface area contributed by atoms with E-state index in [1.54, 1.807) is 0 Å². The Morgan fingerprint density at radius 2 is 2.06 bits per heavy atom. The first-order chi connectivity index (χ1) is 7.50. The molecule has 1 aromatic rings. The molecule has 0 aromatic carbocycles. The third-order valence-electron chi connectivity index (χ3n) is 1.45. The highest BCUT2D eigenvalue weighted by Crippen LogP contribution is 2.24. The van der Waals surface area contributed by atoms with Gasteiger partial charge in [-0.15, -0.1) is 0 Å². The Morgan fingerprint density at radius 3 is 2.56 bits per heavy atom. The average Bonchev–Trinajstić information content (AvgIpc) is 2.29. The van der Waals surface area contributed by atoms with Crippen LogP contribution in [0, 0.1) is 0 Å². The van der Waals surface area contributed by atoms with Crippen LogP contribution in [0.1, 0.15) is 6.92 Å². The molecule has 1 heterocycles. The fraction of sp³-hybridized carbons (Fsp3) is 0.375. The molecule has 0 unspecified atom stereocenters. The molecule has 0 spiro atoms. The van der Waals surface area contributed by atoms with Gasteiger partial charge in [0.25, 0.3) is 0 Å². The molecule has 88 valence electrons. The van der Waals surface area contributed by atoms with E-state index >= 15 is 0 Å². The summed E-state index contributed by atoms with van der Waals surface area (Å²) in [6, 6.07) is 1.38. The second-order valence-electron chi connectivity index (χ2n) is 2.54. The van der Waals surface area contributed by atoms with Gasteiger partial charge in [-0.2, -0.15) is 8.78 Å². The van der Waals surface area contributed by atoms with Crippen molar-refractivity contribution < 1.29 is 22.5 Å². The summed E-state index contributed by atoms with van der Waals surface area (Å²) < 4.78 is 41.9. The van der Waals surface area contributed by atoms with E-state index < -0.39 is 27.2 Å². The van der Waals surface area contributed by atoms with Gasteiger partial charge in [0, 0.05) is 12.4 Å². The summed E-state index contributed by atoms with van der Waals surface area (Å²) >= 11 is 0. The fourth-order valence-corrected chi connectivity index (χ4v) is 1.54. The lowest BCUT2D eigenvalue weighted by Crippen LogP contribution is -2.36. The normalized spacial score (nSPS) is 13.2. The molecule has 0 bridgehead atoms. The van der Waals surface area contributed by atoms with Crippen LogP contribution in [0.5, 0.6) is 0 Å². The molecule has 0 amide bonds. The van der Waals surface area contributed by atoms with Crippen molar-refractivity contribution in [3.63, 3.8) is 0 Å². The molecular formula is C8H8F2N2O3S. The Labute approximate surface area is 92.3 Å². The molecule has 0 N–H and O–H groups in total. The third-order valence-corrected chi connectivity index (χ3v) is 2.63. The van der Waals surface area contributed by atoms with Gasteiger partial charge in [-0.1, -0.05) is 0 Å². The second kappa shape index (κ2) is 5.06. The third kappa shape index (κ3) is 2.57. The van der Waals surface area contributed by atoms with Crippen molar-refractivity contribution in [2.24, 2.45) is 0 Å². The van der Waals surface area contributed by atoms with Gasteiger partial charge in [0.05, 0.1) is 6.61 Å². The van der Waals surface area contributed by atoms with Gasteiger partial charge in [0.1, 0.15) is 0 Å². The van der Waals surface area contributed by atoms with Gasteiger partial charge in [0.15, 0.2) is 10.8 Å². The minimum absolute atomic E-state index is 0.221. The molecule has 0 aliphatic heterocycles. The number of aromatic nitrogens is 2. The predicted octanol–water partition coefficient (Wildman–Crippen LogP) is 0.740. The number of nitrogens with zero attached hydrogens (tertiary/aromatic N) is 2. The monoisotopic (exact) mass is 250 g/mol. The van der Waals surface area contributed by atoms with Crippen LogP contribution in [0.3, 0.4) is 0 Å². The highest BCUT2D eigenvalue weighted by Gasteiger charge is 2.49. The topological polar surface area (TPSA) is 69.2 Å². The van der Waals surface area contributed by atoms with Crippen molar-refractivity contribution in [1.29, 1.82) is 0 Å². The number of hydrogen-bond acceptors (Lipinski definition) is 5. The zero-order valence-corrected chi connectivity index (χ0v) is 9.04. The molecule has 0 saturated carbocycles. The first-order valence-electron chi connectivity index (χ1n) is 4.24. The molecule has 0 saturated heterocycles. The molecule has 8 heteroatoms. The Bertz CT molecular complexity index is 400. The molecule has 5 nitrogen and oxygen atoms in total. The Morgan fingerprint density at radius 1 is 1.50 bits per heavy atom. The largest absolute Gasteiger partial charge is 0.461 e. The van der Waals surface area contributed by atoms with E-state index in [4.69, 9.17) is 0 Å². The number of halogens is 2. The van der Waals surface area contributed by atoms with Crippen LogP contribution in [-0.4, -0.2) is 32.0 Å². The van der Waals surface area contributed by atoms with Crippen molar-refractivity contribution in [1.82, 2.24) is 9.97 Å². The minimum Gasteiger partial charge on any atom is -0.461 e. The van der Waals surface area contributed by atoms with Gasteiger partial charge in [-0.3, -0.25) is 0 Å². The number of carbonyl (C=O) groups excluding carboxylic acids is 1. The van der Waals surface area contributed by atoms with E-state index in [1.165, 1.54) is 13.0 Å². The summed E-state index contributed by atoms with van der Waals surface area (Å²) in [6.45, 7) is 1.15. The maximum atomic E-state index is 13.2. The molecule has 1 rings (SSSR count). The smallest absolute Gasteiger partial charge is 0.422 e. The van der Waals surface area contributed by atoms with Gasteiger partial charge >= 0.3 is 11.2 Å². The van der Waals surface area contributed by atoms with E-state index in [2.05, 4.69) is 14.7 Å². The molecule has 16 heavy (non-hydrogen) atoms. The van der Waals surface area contributed by atoms with Crippen LogP contribution < -0.4 is 0 Å². The van der Waals surface area contributed by atoms with E-state index in [9.17, 15) is 17.8 Å². The van der Waals surface area contributed by atoms with Gasteiger partial charge in [-0.25, -0.2) is 19.0 Å². The summed E-state index contributed by atoms with van der Waals surface area (Å²) in [4.78, 5) is 17.6. The number of rotatable bonds is 4. The van der Waals surface area contributed by atoms with Crippen molar-refractivity contribution >= 4 is 16.8 Å². The van der Waals surface area contributed by atoms with Gasteiger partial charge in [0.2, 0.25) is 5.16 Å². The Balaban J connectivity index is 2.92. The Hall–Kier alpha value is -1.44. The molecule has 1 aromatic heterocycles. The zero-order chi connectivity index (χ0) is 12.2. The SMILES string of the molecule is CCOC(=O)C(F)(F)[S@](=O)c1ncccn1. The minimum atomic E-state index is -4.14. The summed E-state index contributed by atoms with van der Waals surface area (Å²) in [6.07, 6.45) is 2.31. The summed E-state index contributed by atoms with van der Waals surface area (Å²) in [5, 5.41) is -4.75. The quantitative estimate of drug-likeness (QED) is 0.582. The van der Waals surface area contributed by atoms with Gasteiger partial charge in [-0.05, 0) is 13.0 Å². The van der Waals surface area contributed by atoms with E-state index in [-0.39, 0.29) is 6.61 Å². The van der Waals surface area contributed by atoms with Crippen LogP contribution in [0.25, 0.3) is 0 Å². The summed E-state index contributed by atoms with van der Waals surface area (Å²) in [5.41, 5.74) is 0. The second-order valence-corrected chi connectivity index (χ2v) is 3.95. The lowest BCUT2D eigenvalue weighted by Gasteiger charge is -2.12. The summed E-state index contributed by atoms with van der Waals surface area (Å²) in [5.74, 6) is -1.85. The number of alkyl halides is 2. The molecule has 0 aliphatic rings. The molecule has 0 fully saturated rings. The molecule has 1 atom stereocenters. The highest BCUT2D eigenvalue weighted by atomic mass is 32.2. The molecule has 0 aliphatic carbocycles. The number of carbonyl (C=O) groups is 1. The van der Waals surface area contributed by atoms with E-state index in [0.29, 0.717) is 0 Å². The lowest BCUT2D eigenvalue weighted by atomic mass is 10.7. The van der Waals surface area contributed by atoms with E-state index in [1.807, 2.05) is 0 Å². The summed E-state index contributed by atoms with van der Waals surface area (Å²) in [7, 11) is -2.96. The number of hydrogen-bond donors (Lipinski definition) is 0. The Kier molecular flexibility index (Phi) is 3.99. The lowest BCUT2D eigenvalue weighted by molar-refractivity contribution is -0.159. The molecule has 0 radical (unpaired) electrons. The fourth-order valence-electron chi connectivity index (χ4n) is 0.787. The zero-order valence-electron chi connectivity index (χ0n) is 8.22. The highest BCUT2D eigenvalue weighted by molar-refractivity contribution is 7.86. The first kappa shape index (κ1) is 12.6. The van der Waals surface area contributed by atoms with E-state index in [0.717, 1.165) is 12.4 Å². The van der Waals surface area contributed by atoms with Crippen LogP contribution in [0.15, 0.2) is 23.6 Å². The van der Waals surface area contributed by atoms with Crippen molar-refractivity contribution in [2.75, 3.05) is 6.61 Å². The number of ether oxygens (including phenoxy) is 1. The maximum Gasteiger partial charge on any atom is 0.422 e. The maximum absolute atomic E-state index is 13.2. The van der Waals surface area contributed by atoms with Crippen LogP contribution in [0.4, 0.5) is 8.78 Å². The van der Waals surface area contributed by atoms with Crippen molar-refractivity contribution in [3.05, 3.63) is 18.5 Å².